The summed E-state index contributed by atoms with van der Waals surface area (Å²) in [6.07, 6.45) is 3.32. The van der Waals surface area contributed by atoms with E-state index in [-0.39, 0.29) is 12.2 Å². The van der Waals surface area contributed by atoms with Gasteiger partial charge in [-0.15, -0.1) is 0 Å². The second-order valence-electron chi connectivity index (χ2n) is 6.88. The van der Waals surface area contributed by atoms with Gasteiger partial charge in [-0.1, -0.05) is 11.3 Å². The number of hydrogen-bond donors (Lipinski definition) is 2. The van der Waals surface area contributed by atoms with E-state index in [1.165, 1.54) is 23.6 Å². The van der Waals surface area contributed by atoms with E-state index >= 15 is 0 Å². The molecule has 0 unspecified atom stereocenters. The van der Waals surface area contributed by atoms with Gasteiger partial charge in [0.05, 0.1) is 0 Å². The molecule has 0 fully saturated rings. The zero-order valence-corrected chi connectivity index (χ0v) is 18.2. The molecular weight excluding hydrogens is 440 g/mol. The molecule has 0 bridgehead atoms. The van der Waals surface area contributed by atoms with Gasteiger partial charge >= 0.3 is 5.63 Å². The van der Waals surface area contributed by atoms with Gasteiger partial charge in [0, 0.05) is 41.2 Å². The van der Waals surface area contributed by atoms with Crippen molar-refractivity contribution in [3.05, 3.63) is 74.7 Å². The van der Waals surface area contributed by atoms with Crippen molar-refractivity contribution in [1.29, 1.82) is 0 Å². The fraction of sp³-hybridized carbons (Fsp3) is 0.150. The van der Waals surface area contributed by atoms with Crippen molar-refractivity contribution in [3.8, 4) is 10.9 Å². The average molecular weight is 459 g/mol. The van der Waals surface area contributed by atoms with Crippen LogP contribution in [0.3, 0.4) is 0 Å². The zero-order chi connectivity index (χ0) is 22.2. The van der Waals surface area contributed by atoms with E-state index in [0.717, 1.165) is 16.5 Å². The summed E-state index contributed by atoms with van der Waals surface area (Å²) in [5, 5.41) is 8.09. The van der Waals surface area contributed by atoms with Gasteiger partial charge in [-0.25, -0.2) is 19.9 Å². The van der Waals surface area contributed by atoms with Gasteiger partial charge < -0.3 is 9.15 Å². The molecule has 1 aromatic carbocycles. The third-order valence-corrected chi connectivity index (χ3v) is 5.78. The third kappa shape index (κ3) is 4.74. The van der Waals surface area contributed by atoms with E-state index in [2.05, 4.69) is 14.7 Å². The minimum Gasteiger partial charge on any atom is -0.430 e. The number of benzene rings is 1. The molecule has 9 nitrogen and oxygen atoms in total. The van der Waals surface area contributed by atoms with Gasteiger partial charge in [0.2, 0.25) is 0 Å². The smallest absolute Gasteiger partial charge is 0.340 e. The van der Waals surface area contributed by atoms with Crippen LogP contribution in [0.25, 0.3) is 11.0 Å². The van der Waals surface area contributed by atoms with Crippen LogP contribution in [0.15, 0.2) is 51.3 Å². The van der Waals surface area contributed by atoms with Crippen molar-refractivity contribution in [2.24, 2.45) is 5.14 Å². The number of rotatable bonds is 6. The number of nitrogens with two attached hydrogens (primary N) is 1. The lowest BCUT2D eigenvalue weighted by Gasteiger charge is -2.12. The highest BCUT2D eigenvalue weighted by Crippen LogP contribution is 2.32. The molecule has 0 atom stereocenters. The molecule has 4 rings (SSSR count). The summed E-state index contributed by atoms with van der Waals surface area (Å²) in [6, 6.07) is 6.79. The van der Waals surface area contributed by atoms with Gasteiger partial charge in [-0.05, 0) is 48.7 Å². The van der Waals surface area contributed by atoms with Crippen LogP contribution in [-0.4, -0.2) is 18.4 Å². The molecule has 0 saturated carbocycles. The lowest BCUT2D eigenvalue weighted by atomic mass is 9.99. The molecule has 31 heavy (non-hydrogen) atoms. The summed E-state index contributed by atoms with van der Waals surface area (Å²) >= 11 is 1.36. The van der Waals surface area contributed by atoms with E-state index in [9.17, 15) is 13.2 Å². The predicted octanol–water partition coefficient (Wildman–Crippen LogP) is 3.26. The molecule has 4 aromatic rings. The molecule has 0 saturated heterocycles. The van der Waals surface area contributed by atoms with Gasteiger partial charge in [-0.2, -0.15) is 8.42 Å². The summed E-state index contributed by atoms with van der Waals surface area (Å²) in [5.74, 6) is 0.633. The van der Waals surface area contributed by atoms with Crippen LogP contribution in [0.1, 0.15) is 22.3 Å². The average Bonchev–Trinajstić information content (AvgIpc) is 3.19. The molecule has 3 aromatic heterocycles. The maximum Gasteiger partial charge on any atom is 0.340 e. The Balaban J connectivity index is 1.71. The second kappa shape index (κ2) is 8.10. The van der Waals surface area contributed by atoms with Gasteiger partial charge in [-0.3, -0.25) is 4.72 Å². The molecule has 0 radical (unpaired) electrons. The number of aryl methyl sites for hydroxylation is 2. The first-order chi connectivity index (χ1) is 14.7. The first-order valence-corrected chi connectivity index (χ1v) is 11.5. The van der Waals surface area contributed by atoms with Crippen molar-refractivity contribution in [2.75, 3.05) is 4.72 Å². The fourth-order valence-electron chi connectivity index (χ4n) is 3.18. The standard InChI is InChI=1S/C20H18N4O5S2/c1-11-7-14-12(2)15(8-13-3-4-22-18(9-13)24-31(21,26)27)19(25)28-17(14)10-16(11)29-20-23-5-6-30-20/h3-7,9-10H,8H2,1-2H3,(H,22,24)(H2,21,26,27). The van der Waals surface area contributed by atoms with Crippen LogP contribution in [0.4, 0.5) is 5.82 Å². The highest BCUT2D eigenvalue weighted by Gasteiger charge is 2.16. The Morgan fingerprint density at radius 1 is 1.19 bits per heavy atom. The highest BCUT2D eigenvalue weighted by molar-refractivity contribution is 7.90. The summed E-state index contributed by atoms with van der Waals surface area (Å²) < 4.78 is 35.9. The van der Waals surface area contributed by atoms with Crippen molar-refractivity contribution < 1.29 is 17.6 Å². The fourth-order valence-corrected chi connectivity index (χ4v) is 4.08. The number of nitrogens with zero attached hydrogens (tertiary/aromatic N) is 2. The highest BCUT2D eigenvalue weighted by atomic mass is 32.2. The molecule has 0 aliphatic carbocycles. The van der Waals surface area contributed by atoms with Crippen LogP contribution >= 0.6 is 11.3 Å². The number of ether oxygens (including phenoxy) is 1. The SMILES string of the molecule is Cc1cc2c(C)c(Cc3ccnc(NS(N)(=O)=O)c3)c(=O)oc2cc1Oc1nccs1. The van der Waals surface area contributed by atoms with Crippen molar-refractivity contribution in [1.82, 2.24) is 9.97 Å². The van der Waals surface area contributed by atoms with Crippen molar-refractivity contribution >= 4 is 38.3 Å². The molecule has 0 aliphatic rings. The number of hydrogen-bond acceptors (Lipinski definition) is 8. The summed E-state index contributed by atoms with van der Waals surface area (Å²) in [5.41, 5.74) is 2.72. The van der Waals surface area contributed by atoms with E-state index in [4.69, 9.17) is 14.3 Å². The molecular formula is C20H18N4O5S2. The monoisotopic (exact) mass is 458 g/mol. The van der Waals surface area contributed by atoms with Crippen LogP contribution in [0.2, 0.25) is 0 Å². The Kier molecular flexibility index (Phi) is 5.48. The Labute approximate surface area is 181 Å². The molecule has 0 amide bonds. The van der Waals surface area contributed by atoms with Gasteiger partial charge in [0.25, 0.3) is 15.4 Å². The Bertz CT molecular complexity index is 1430. The summed E-state index contributed by atoms with van der Waals surface area (Å²) in [6.45, 7) is 3.75. The van der Waals surface area contributed by atoms with Gasteiger partial charge in [0.15, 0.2) is 0 Å². The van der Waals surface area contributed by atoms with E-state index < -0.39 is 15.8 Å². The Morgan fingerprint density at radius 3 is 2.71 bits per heavy atom. The quantitative estimate of drug-likeness (QED) is 0.423. The van der Waals surface area contributed by atoms with Gasteiger partial charge in [0.1, 0.15) is 17.2 Å². The number of nitrogens with one attached hydrogen (secondary N) is 1. The topological polar surface area (TPSA) is 137 Å². The predicted molar refractivity (Wildman–Crippen MR) is 118 cm³/mol. The largest absolute Gasteiger partial charge is 0.430 e. The maximum atomic E-state index is 12.7. The van der Waals surface area contributed by atoms with Crippen LogP contribution in [0.5, 0.6) is 10.9 Å². The minimum atomic E-state index is -3.95. The number of anilines is 1. The lowest BCUT2D eigenvalue weighted by Crippen LogP contribution is -2.22. The second-order valence-corrected chi connectivity index (χ2v) is 9.03. The molecule has 0 aliphatic heterocycles. The van der Waals surface area contributed by atoms with E-state index in [1.54, 1.807) is 18.3 Å². The van der Waals surface area contributed by atoms with Crippen molar-refractivity contribution in [2.45, 2.75) is 20.3 Å². The van der Waals surface area contributed by atoms with Crippen LogP contribution < -0.4 is 20.2 Å². The Morgan fingerprint density at radius 2 is 2.00 bits per heavy atom. The van der Waals surface area contributed by atoms with E-state index in [0.29, 0.717) is 27.7 Å². The third-order valence-electron chi connectivity index (χ3n) is 4.64. The summed E-state index contributed by atoms with van der Waals surface area (Å²) in [7, 11) is -3.95. The number of aromatic nitrogens is 2. The first kappa shape index (κ1) is 21.0. The van der Waals surface area contributed by atoms with Crippen LogP contribution in [-0.2, 0) is 16.6 Å². The first-order valence-electron chi connectivity index (χ1n) is 9.09. The number of fused-ring (bicyclic) bond motifs is 1. The number of pyridine rings is 1. The van der Waals surface area contributed by atoms with Crippen LogP contribution in [0, 0.1) is 13.8 Å². The normalized spacial score (nSPS) is 11.6. The van der Waals surface area contributed by atoms with E-state index in [1.807, 2.05) is 25.3 Å². The minimum absolute atomic E-state index is 0.0719. The molecule has 0 spiro atoms. The number of thiazole rings is 1. The molecule has 3 heterocycles. The zero-order valence-electron chi connectivity index (χ0n) is 16.6. The summed E-state index contributed by atoms with van der Waals surface area (Å²) in [4.78, 5) is 20.7. The maximum absolute atomic E-state index is 12.7. The van der Waals surface area contributed by atoms with Crippen molar-refractivity contribution in [3.63, 3.8) is 0 Å². The molecule has 11 heteroatoms. The lowest BCUT2D eigenvalue weighted by molar-refractivity contribution is 0.473. The Hall–Kier alpha value is -3.28. The molecule has 160 valence electrons. The molecule has 3 N–H and O–H groups in total.